The predicted octanol–water partition coefficient (Wildman–Crippen LogP) is 3.89. The largest absolute Gasteiger partial charge is 0.367 e. The molecular weight excluding hydrogens is 260 g/mol. The van der Waals surface area contributed by atoms with Crippen LogP contribution >= 0.6 is 0 Å². The number of hydrogen-bond donors (Lipinski definition) is 0. The summed E-state index contributed by atoms with van der Waals surface area (Å²) in [5, 5.41) is 0. The summed E-state index contributed by atoms with van der Waals surface area (Å²) in [7, 11) is 1.99. The van der Waals surface area contributed by atoms with Crippen molar-refractivity contribution in [1.29, 1.82) is 0 Å². The molecule has 0 aromatic heterocycles. The van der Waals surface area contributed by atoms with Crippen molar-refractivity contribution in [2.24, 2.45) is 0 Å². The average molecular weight is 290 g/mol. The molecule has 1 aromatic rings. The highest BCUT2D eigenvalue weighted by Gasteiger charge is 2.16. The van der Waals surface area contributed by atoms with E-state index in [0.717, 1.165) is 0 Å². The van der Waals surface area contributed by atoms with Crippen molar-refractivity contribution in [2.45, 2.75) is 59.7 Å². The van der Waals surface area contributed by atoms with Crippen LogP contribution in [0, 0.1) is 0 Å². The molecule has 1 atom stereocenters. The van der Waals surface area contributed by atoms with Crippen LogP contribution in [0.1, 0.15) is 53.1 Å². The summed E-state index contributed by atoms with van der Waals surface area (Å²) in [6.07, 6.45) is 0. The predicted molar refractivity (Wildman–Crippen MR) is 90.9 cm³/mol. The first kappa shape index (κ1) is 17.7. The molecule has 0 fully saturated rings. The second-order valence-corrected chi connectivity index (χ2v) is 6.48. The van der Waals surface area contributed by atoms with Gasteiger partial charge in [-0.05, 0) is 66.3 Å². The van der Waals surface area contributed by atoms with E-state index in [2.05, 4.69) is 68.7 Å². The number of Topliss-reactive ketones (excluding diaryl/α,β-unsaturated/α-hetero) is 1. The van der Waals surface area contributed by atoms with E-state index in [9.17, 15) is 4.79 Å². The Morgan fingerprint density at radius 1 is 1.00 bits per heavy atom. The molecule has 0 saturated carbocycles. The van der Waals surface area contributed by atoms with Crippen LogP contribution in [-0.4, -0.2) is 36.4 Å². The smallest absolute Gasteiger partial charge is 0.143 e. The average Bonchev–Trinajstić information content (AvgIpc) is 2.37. The Bertz CT molecular complexity index is 443. The molecule has 0 aliphatic rings. The van der Waals surface area contributed by atoms with Crippen LogP contribution in [0.2, 0.25) is 0 Å². The Hall–Kier alpha value is -1.35. The summed E-state index contributed by atoms with van der Waals surface area (Å²) in [5.41, 5.74) is 2.50. The number of hydrogen-bond acceptors (Lipinski definition) is 3. The van der Waals surface area contributed by atoms with E-state index >= 15 is 0 Å². The van der Waals surface area contributed by atoms with Gasteiger partial charge in [-0.1, -0.05) is 12.1 Å². The van der Waals surface area contributed by atoms with Crippen molar-refractivity contribution in [3.05, 3.63) is 29.8 Å². The van der Waals surface area contributed by atoms with Crippen molar-refractivity contribution >= 4 is 11.5 Å². The van der Waals surface area contributed by atoms with E-state index in [1.54, 1.807) is 6.92 Å². The molecule has 0 amide bonds. The van der Waals surface area contributed by atoms with Gasteiger partial charge in [-0.15, -0.1) is 0 Å². The molecule has 118 valence electrons. The number of anilines is 1. The third-order valence-electron chi connectivity index (χ3n) is 3.92. The van der Waals surface area contributed by atoms with E-state index < -0.39 is 0 Å². The minimum Gasteiger partial charge on any atom is -0.367 e. The summed E-state index contributed by atoms with van der Waals surface area (Å²) in [5.74, 6) is 0.201. The quantitative estimate of drug-likeness (QED) is 0.761. The van der Waals surface area contributed by atoms with Gasteiger partial charge in [0.1, 0.15) is 5.78 Å². The maximum Gasteiger partial charge on any atom is 0.143 e. The van der Waals surface area contributed by atoms with Crippen LogP contribution in [0.3, 0.4) is 0 Å². The van der Waals surface area contributed by atoms with Gasteiger partial charge in [-0.3, -0.25) is 9.69 Å². The van der Waals surface area contributed by atoms with Gasteiger partial charge in [0.2, 0.25) is 0 Å². The lowest BCUT2D eigenvalue weighted by molar-refractivity contribution is -0.118. The molecule has 0 radical (unpaired) electrons. The molecule has 0 spiro atoms. The normalized spacial score (nSPS) is 13.0. The molecule has 1 aromatic carbocycles. The molecule has 0 aliphatic heterocycles. The van der Waals surface area contributed by atoms with Crippen molar-refractivity contribution in [3.8, 4) is 0 Å². The van der Waals surface area contributed by atoms with Crippen molar-refractivity contribution < 1.29 is 4.79 Å². The summed E-state index contributed by atoms with van der Waals surface area (Å²) in [6, 6.07) is 9.93. The number of likely N-dealkylation sites (N-methyl/N-ethyl adjacent to an activating group) is 1. The van der Waals surface area contributed by atoms with Gasteiger partial charge in [0.25, 0.3) is 0 Å². The SMILES string of the molecule is CC(=O)CN(C)C(C)c1ccc(N(C(C)C)C(C)C)cc1. The number of nitrogens with zero attached hydrogens (tertiary/aromatic N) is 2. The number of benzene rings is 1. The maximum atomic E-state index is 11.2. The lowest BCUT2D eigenvalue weighted by atomic mass is 10.1. The van der Waals surface area contributed by atoms with Gasteiger partial charge < -0.3 is 4.90 Å². The summed E-state index contributed by atoms with van der Waals surface area (Å²) < 4.78 is 0. The molecular formula is C18H30N2O. The van der Waals surface area contributed by atoms with Gasteiger partial charge in [-0.2, -0.15) is 0 Å². The molecule has 3 heteroatoms. The molecule has 21 heavy (non-hydrogen) atoms. The minimum atomic E-state index is 0.201. The highest BCUT2D eigenvalue weighted by Crippen LogP contribution is 2.24. The van der Waals surface area contributed by atoms with Gasteiger partial charge in [0.15, 0.2) is 0 Å². The lowest BCUT2D eigenvalue weighted by Crippen LogP contribution is -2.37. The van der Waals surface area contributed by atoms with Crippen molar-refractivity contribution in [2.75, 3.05) is 18.5 Å². The summed E-state index contributed by atoms with van der Waals surface area (Å²) in [4.78, 5) is 15.7. The third-order valence-corrected chi connectivity index (χ3v) is 3.92. The van der Waals surface area contributed by atoms with E-state index in [1.807, 2.05) is 7.05 Å². The maximum absolute atomic E-state index is 11.2. The molecule has 0 bridgehead atoms. The van der Waals surface area contributed by atoms with Gasteiger partial charge >= 0.3 is 0 Å². The second kappa shape index (κ2) is 7.60. The zero-order chi connectivity index (χ0) is 16.2. The highest BCUT2D eigenvalue weighted by molar-refractivity contribution is 5.77. The van der Waals surface area contributed by atoms with Crippen LogP contribution in [0.25, 0.3) is 0 Å². The second-order valence-electron chi connectivity index (χ2n) is 6.48. The Morgan fingerprint density at radius 2 is 1.48 bits per heavy atom. The Balaban J connectivity index is 2.88. The van der Waals surface area contributed by atoms with E-state index in [-0.39, 0.29) is 11.8 Å². The molecule has 3 nitrogen and oxygen atoms in total. The van der Waals surface area contributed by atoms with E-state index in [1.165, 1.54) is 11.3 Å². The molecule has 0 N–H and O–H groups in total. The third kappa shape index (κ3) is 4.85. The van der Waals surface area contributed by atoms with E-state index in [4.69, 9.17) is 0 Å². The van der Waals surface area contributed by atoms with E-state index in [0.29, 0.717) is 18.6 Å². The number of carbonyl (C=O) groups is 1. The fourth-order valence-corrected chi connectivity index (χ4v) is 2.86. The summed E-state index contributed by atoms with van der Waals surface area (Å²) >= 11 is 0. The zero-order valence-electron chi connectivity index (χ0n) is 14.6. The zero-order valence-corrected chi connectivity index (χ0v) is 14.6. The van der Waals surface area contributed by atoms with Crippen molar-refractivity contribution in [1.82, 2.24) is 4.90 Å². The highest BCUT2D eigenvalue weighted by atomic mass is 16.1. The van der Waals surface area contributed by atoms with Crippen LogP contribution in [0.5, 0.6) is 0 Å². The number of rotatable bonds is 7. The molecule has 0 heterocycles. The number of ketones is 1. The monoisotopic (exact) mass is 290 g/mol. The fourth-order valence-electron chi connectivity index (χ4n) is 2.86. The molecule has 0 aliphatic carbocycles. The first-order chi connectivity index (χ1) is 9.73. The minimum absolute atomic E-state index is 0.201. The van der Waals surface area contributed by atoms with Crippen LogP contribution < -0.4 is 4.90 Å². The first-order valence-corrected chi connectivity index (χ1v) is 7.82. The molecule has 1 unspecified atom stereocenters. The first-order valence-electron chi connectivity index (χ1n) is 7.82. The number of carbonyl (C=O) groups excluding carboxylic acids is 1. The van der Waals surface area contributed by atoms with Gasteiger partial charge in [-0.25, -0.2) is 0 Å². The van der Waals surface area contributed by atoms with Crippen LogP contribution in [-0.2, 0) is 4.79 Å². The standard InChI is InChI=1S/C18H30N2O/c1-13(2)20(14(3)4)18-10-8-17(9-11-18)16(6)19(7)12-15(5)21/h8-11,13-14,16H,12H2,1-7H3. The Kier molecular flexibility index (Phi) is 6.41. The molecule has 0 saturated heterocycles. The van der Waals surface area contributed by atoms with Crippen LogP contribution in [0.4, 0.5) is 5.69 Å². The summed E-state index contributed by atoms with van der Waals surface area (Å²) in [6.45, 7) is 13.1. The van der Waals surface area contributed by atoms with Crippen molar-refractivity contribution in [3.63, 3.8) is 0 Å². The van der Waals surface area contributed by atoms with Gasteiger partial charge in [0, 0.05) is 23.8 Å². The Labute approximate surface area is 129 Å². The topological polar surface area (TPSA) is 23.6 Å². The van der Waals surface area contributed by atoms with Gasteiger partial charge in [0.05, 0.1) is 6.54 Å². The van der Waals surface area contributed by atoms with Crippen LogP contribution in [0.15, 0.2) is 24.3 Å². The fraction of sp³-hybridized carbons (Fsp3) is 0.611. The molecule has 1 rings (SSSR count). The Morgan fingerprint density at radius 3 is 1.86 bits per heavy atom. The lowest BCUT2D eigenvalue weighted by Gasteiger charge is -2.33.